The molecule has 1 aliphatic rings. The molecule has 2 aromatic rings. The zero-order chi connectivity index (χ0) is 18.5. The van der Waals surface area contributed by atoms with E-state index in [4.69, 9.17) is 4.74 Å². The maximum absolute atomic E-state index is 12.6. The van der Waals surface area contributed by atoms with Crippen LogP contribution in [0.15, 0.2) is 30.3 Å². The van der Waals surface area contributed by atoms with Gasteiger partial charge in [-0.2, -0.15) is 0 Å². The van der Waals surface area contributed by atoms with Crippen LogP contribution in [-0.2, 0) is 4.74 Å². The number of nitrogens with one attached hydrogen (secondary N) is 2. The van der Waals surface area contributed by atoms with E-state index >= 15 is 0 Å². The first-order chi connectivity index (χ1) is 12.5. The van der Waals surface area contributed by atoms with Gasteiger partial charge in [-0.15, -0.1) is 0 Å². The van der Waals surface area contributed by atoms with Gasteiger partial charge < -0.3 is 15.4 Å². The van der Waals surface area contributed by atoms with Crippen molar-refractivity contribution in [2.24, 2.45) is 0 Å². The molecule has 136 valence electrons. The second-order valence-electron chi connectivity index (χ2n) is 6.37. The number of aromatic nitrogens is 2. The average molecular weight is 354 g/mol. The predicted octanol–water partition coefficient (Wildman–Crippen LogP) is 3.18. The van der Waals surface area contributed by atoms with Gasteiger partial charge in [-0.05, 0) is 44.0 Å². The first-order valence-electron chi connectivity index (χ1n) is 8.67. The lowest BCUT2D eigenvalue weighted by atomic mass is 10.2. The Morgan fingerprint density at radius 3 is 2.65 bits per heavy atom. The Hall–Kier alpha value is -2.96. The van der Waals surface area contributed by atoms with Crippen molar-refractivity contribution in [2.75, 3.05) is 17.7 Å². The van der Waals surface area contributed by atoms with Gasteiger partial charge in [0, 0.05) is 17.4 Å². The third-order valence-corrected chi connectivity index (χ3v) is 4.32. The second-order valence-corrected chi connectivity index (χ2v) is 6.37. The number of amides is 1. The third kappa shape index (κ3) is 4.36. The molecule has 26 heavy (non-hydrogen) atoms. The molecule has 0 bridgehead atoms. The van der Waals surface area contributed by atoms with Gasteiger partial charge in [0.1, 0.15) is 5.69 Å². The highest BCUT2D eigenvalue weighted by atomic mass is 16.5. The molecule has 1 aromatic heterocycles. The predicted molar refractivity (Wildman–Crippen MR) is 98.4 cm³/mol. The summed E-state index contributed by atoms with van der Waals surface area (Å²) < 4.78 is 4.70. The molecule has 1 aliphatic carbocycles. The maximum atomic E-state index is 12.6. The molecule has 0 spiro atoms. The molecule has 1 fully saturated rings. The van der Waals surface area contributed by atoms with E-state index < -0.39 is 5.97 Å². The summed E-state index contributed by atoms with van der Waals surface area (Å²) in [7, 11) is 1.32. The summed E-state index contributed by atoms with van der Waals surface area (Å²) in [5, 5.41) is 6.07. The summed E-state index contributed by atoms with van der Waals surface area (Å²) in [5.74, 6) is -0.334. The standard InChI is InChI=1S/C19H22N4O3/c1-12-10-16(23-19(20-12)22-14-7-3-4-8-14)17(24)21-15-9-5-6-13(11-15)18(25)26-2/h5-6,9-11,14H,3-4,7-8H2,1-2H3,(H,21,24)(H,20,22,23). The number of hydrogen-bond acceptors (Lipinski definition) is 6. The molecule has 1 saturated carbocycles. The summed E-state index contributed by atoms with van der Waals surface area (Å²) in [6.45, 7) is 1.83. The number of methoxy groups -OCH3 is 1. The molecule has 0 saturated heterocycles. The summed E-state index contributed by atoms with van der Waals surface area (Å²) in [6, 6.07) is 8.58. The highest BCUT2D eigenvalue weighted by Gasteiger charge is 2.17. The van der Waals surface area contributed by atoms with Gasteiger partial charge in [-0.25, -0.2) is 14.8 Å². The van der Waals surface area contributed by atoms with Crippen LogP contribution in [0, 0.1) is 6.92 Å². The van der Waals surface area contributed by atoms with Gasteiger partial charge >= 0.3 is 5.97 Å². The van der Waals surface area contributed by atoms with E-state index in [0.29, 0.717) is 28.9 Å². The number of aryl methyl sites for hydroxylation is 1. The Bertz CT molecular complexity index is 816. The zero-order valence-electron chi connectivity index (χ0n) is 14.9. The molecule has 7 heteroatoms. The van der Waals surface area contributed by atoms with Crippen molar-refractivity contribution in [3.63, 3.8) is 0 Å². The van der Waals surface area contributed by atoms with Crippen molar-refractivity contribution in [1.29, 1.82) is 0 Å². The van der Waals surface area contributed by atoms with E-state index in [2.05, 4.69) is 20.6 Å². The Kier molecular flexibility index (Phi) is 5.46. The van der Waals surface area contributed by atoms with Gasteiger partial charge in [-0.3, -0.25) is 4.79 Å². The van der Waals surface area contributed by atoms with Gasteiger partial charge in [0.05, 0.1) is 12.7 Å². The lowest BCUT2D eigenvalue weighted by molar-refractivity contribution is 0.0600. The Labute approximate surface area is 152 Å². The van der Waals surface area contributed by atoms with E-state index in [1.165, 1.54) is 20.0 Å². The van der Waals surface area contributed by atoms with Crippen LogP contribution in [0.25, 0.3) is 0 Å². The number of ether oxygens (including phenoxy) is 1. The van der Waals surface area contributed by atoms with Crippen LogP contribution in [0.4, 0.5) is 11.6 Å². The largest absolute Gasteiger partial charge is 0.465 e. The van der Waals surface area contributed by atoms with Crippen molar-refractivity contribution in [1.82, 2.24) is 9.97 Å². The minimum atomic E-state index is -0.456. The molecule has 3 rings (SSSR count). The fourth-order valence-corrected chi connectivity index (χ4v) is 3.04. The molecular weight excluding hydrogens is 332 g/mol. The summed E-state index contributed by atoms with van der Waals surface area (Å²) in [6.07, 6.45) is 4.60. The van der Waals surface area contributed by atoms with Crippen LogP contribution in [0.2, 0.25) is 0 Å². The van der Waals surface area contributed by atoms with Crippen molar-refractivity contribution in [3.05, 3.63) is 47.3 Å². The molecule has 1 amide bonds. The third-order valence-electron chi connectivity index (χ3n) is 4.32. The van der Waals surface area contributed by atoms with Crippen molar-refractivity contribution in [2.45, 2.75) is 38.6 Å². The molecule has 7 nitrogen and oxygen atoms in total. The molecule has 0 radical (unpaired) electrons. The smallest absolute Gasteiger partial charge is 0.337 e. The molecule has 2 N–H and O–H groups in total. The molecular formula is C19H22N4O3. The van der Waals surface area contributed by atoms with Gasteiger partial charge in [0.15, 0.2) is 0 Å². The number of carbonyl (C=O) groups excluding carboxylic acids is 2. The Balaban J connectivity index is 1.75. The number of esters is 1. The number of rotatable bonds is 5. The van der Waals surface area contributed by atoms with Crippen LogP contribution in [0.3, 0.4) is 0 Å². The highest BCUT2D eigenvalue weighted by molar-refractivity contribution is 6.03. The number of benzene rings is 1. The number of carbonyl (C=O) groups is 2. The molecule has 1 aromatic carbocycles. The van der Waals surface area contributed by atoms with E-state index in [0.717, 1.165) is 12.8 Å². The maximum Gasteiger partial charge on any atom is 0.337 e. The number of nitrogens with zero attached hydrogens (tertiary/aromatic N) is 2. The fourth-order valence-electron chi connectivity index (χ4n) is 3.04. The average Bonchev–Trinajstić information content (AvgIpc) is 3.13. The normalized spacial score (nSPS) is 14.1. The summed E-state index contributed by atoms with van der Waals surface area (Å²) in [4.78, 5) is 32.9. The monoisotopic (exact) mass is 354 g/mol. The van der Waals surface area contributed by atoms with Crippen LogP contribution in [0.5, 0.6) is 0 Å². The minimum absolute atomic E-state index is 0.279. The quantitative estimate of drug-likeness (QED) is 0.801. The van der Waals surface area contributed by atoms with Gasteiger partial charge in [0.25, 0.3) is 5.91 Å². The molecule has 0 unspecified atom stereocenters. The molecule has 0 aliphatic heterocycles. The van der Waals surface area contributed by atoms with E-state index in [1.54, 1.807) is 30.3 Å². The number of anilines is 2. The van der Waals surface area contributed by atoms with E-state index in [-0.39, 0.29) is 11.6 Å². The van der Waals surface area contributed by atoms with Crippen LogP contribution < -0.4 is 10.6 Å². The zero-order valence-corrected chi connectivity index (χ0v) is 14.9. The number of hydrogen-bond donors (Lipinski definition) is 2. The lowest BCUT2D eigenvalue weighted by Gasteiger charge is -2.13. The SMILES string of the molecule is COC(=O)c1cccc(NC(=O)c2cc(C)nc(NC3CCCC3)n2)c1. The van der Waals surface area contributed by atoms with Crippen molar-refractivity contribution >= 4 is 23.5 Å². The van der Waals surface area contributed by atoms with Gasteiger partial charge in [0.2, 0.25) is 5.95 Å². The Morgan fingerprint density at radius 1 is 1.15 bits per heavy atom. The van der Waals surface area contributed by atoms with Crippen LogP contribution in [0.1, 0.15) is 52.2 Å². The van der Waals surface area contributed by atoms with E-state index in [9.17, 15) is 9.59 Å². The summed E-state index contributed by atoms with van der Waals surface area (Å²) >= 11 is 0. The first-order valence-corrected chi connectivity index (χ1v) is 8.67. The highest BCUT2D eigenvalue weighted by Crippen LogP contribution is 2.21. The summed E-state index contributed by atoms with van der Waals surface area (Å²) in [5.41, 5.74) is 1.86. The van der Waals surface area contributed by atoms with Crippen LogP contribution in [-0.4, -0.2) is 35.0 Å². The van der Waals surface area contributed by atoms with Crippen molar-refractivity contribution in [3.8, 4) is 0 Å². The Morgan fingerprint density at radius 2 is 1.92 bits per heavy atom. The molecule has 1 heterocycles. The van der Waals surface area contributed by atoms with Crippen molar-refractivity contribution < 1.29 is 14.3 Å². The fraction of sp³-hybridized carbons (Fsp3) is 0.368. The van der Waals surface area contributed by atoms with Gasteiger partial charge in [-0.1, -0.05) is 18.9 Å². The first kappa shape index (κ1) is 17.8. The second kappa shape index (κ2) is 7.95. The minimum Gasteiger partial charge on any atom is -0.465 e. The topological polar surface area (TPSA) is 93.2 Å². The van der Waals surface area contributed by atoms with E-state index in [1.807, 2.05) is 6.92 Å². The molecule has 0 atom stereocenters. The van der Waals surface area contributed by atoms with Crippen LogP contribution >= 0.6 is 0 Å². The lowest BCUT2D eigenvalue weighted by Crippen LogP contribution is -2.20.